The Morgan fingerprint density at radius 1 is 1.50 bits per heavy atom. The van der Waals surface area contributed by atoms with Crippen LogP contribution in [-0.2, 0) is 6.54 Å². The quantitative estimate of drug-likeness (QED) is 0.893. The fourth-order valence-corrected chi connectivity index (χ4v) is 3.93. The SMILES string of the molecule is CC1CN2CCCCC2CN1C(=O)c1csc(CN)n1. The number of piperazine rings is 1. The number of nitrogens with zero attached hydrogens (tertiary/aromatic N) is 3. The number of hydrogen-bond donors (Lipinski definition) is 1. The maximum absolute atomic E-state index is 12.6. The highest BCUT2D eigenvalue weighted by atomic mass is 32.1. The molecule has 2 N–H and O–H groups in total. The summed E-state index contributed by atoms with van der Waals surface area (Å²) in [5, 5.41) is 2.67. The van der Waals surface area contributed by atoms with E-state index in [-0.39, 0.29) is 11.9 Å². The summed E-state index contributed by atoms with van der Waals surface area (Å²) in [6.07, 6.45) is 3.79. The maximum Gasteiger partial charge on any atom is 0.273 e. The predicted octanol–water partition coefficient (Wildman–Crippen LogP) is 1.30. The van der Waals surface area contributed by atoms with Crippen molar-refractivity contribution < 1.29 is 4.79 Å². The van der Waals surface area contributed by atoms with Crippen molar-refractivity contribution in [2.75, 3.05) is 19.6 Å². The van der Waals surface area contributed by atoms with Crippen molar-refractivity contribution in [1.29, 1.82) is 0 Å². The zero-order chi connectivity index (χ0) is 14.1. The van der Waals surface area contributed by atoms with Gasteiger partial charge in [0.2, 0.25) is 0 Å². The van der Waals surface area contributed by atoms with Gasteiger partial charge in [-0.1, -0.05) is 6.42 Å². The lowest BCUT2D eigenvalue weighted by Gasteiger charge is -2.47. The van der Waals surface area contributed by atoms with Crippen LogP contribution in [0.25, 0.3) is 0 Å². The highest BCUT2D eigenvalue weighted by molar-refractivity contribution is 7.09. The number of aromatic nitrogens is 1. The van der Waals surface area contributed by atoms with Gasteiger partial charge in [-0.3, -0.25) is 9.69 Å². The molecule has 5 nitrogen and oxygen atoms in total. The molecule has 3 heterocycles. The number of carbonyl (C=O) groups excluding carboxylic acids is 1. The van der Waals surface area contributed by atoms with Crippen LogP contribution in [0.15, 0.2) is 5.38 Å². The first kappa shape index (κ1) is 14.0. The number of thiazole rings is 1. The predicted molar refractivity (Wildman–Crippen MR) is 79.7 cm³/mol. The summed E-state index contributed by atoms with van der Waals surface area (Å²) in [6, 6.07) is 0.802. The molecule has 110 valence electrons. The summed E-state index contributed by atoms with van der Waals surface area (Å²) in [4.78, 5) is 21.5. The lowest BCUT2D eigenvalue weighted by Crippen LogP contribution is -2.60. The van der Waals surface area contributed by atoms with Gasteiger partial charge in [0, 0.05) is 37.1 Å². The molecule has 0 saturated carbocycles. The third-order valence-electron chi connectivity index (χ3n) is 4.39. The van der Waals surface area contributed by atoms with Crippen molar-refractivity contribution in [3.63, 3.8) is 0 Å². The summed E-state index contributed by atoms with van der Waals surface area (Å²) in [5.74, 6) is 0.0682. The van der Waals surface area contributed by atoms with E-state index in [0.29, 0.717) is 18.3 Å². The van der Waals surface area contributed by atoms with E-state index in [0.717, 1.165) is 18.1 Å². The second kappa shape index (κ2) is 5.79. The van der Waals surface area contributed by atoms with Gasteiger partial charge in [-0.15, -0.1) is 11.3 Å². The number of amides is 1. The molecule has 0 bridgehead atoms. The topological polar surface area (TPSA) is 62.5 Å². The van der Waals surface area contributed by atoms with E-state index < -0.39 is 0 Å². The van der Waals surface area contributed by atoms with E-state index in [1.807, 2.05) is 10.3 Å². The molecule has 0 radical (unpaired) electrons. The number of rotatable bonds is 2. The molecule has 1 aromatic heterocycles. The lowest BCUT2D eigenvalue weighted by molar-refractivity contribution is 0.0148. The smallest absolute Gasteiger partial charge is 0.273 e. The van der Waals surface area contributed by atoms with Crippen molar-refractivity contribution in [3.8, 4) is 0 Å². The van der Waals surface area contributed by atoms with Crippen LogP contribution in [-0.4, -0.2) is 52.4 Å². The van der Waals surface area contributed by atoms with E-state index >= 15 is 0 Å². The van der Waals surface area contributed by atoms with Crippen LogP contribution < -0.4 is 5.73 Å². The van der Waals surface area contributed by atoms with Crippen molar-refractivity contribution >= 4 is 17.2 Å². The molecule has 0 spiro atoms. The largest absolute Gasteiger partial charge is 0.332 e. The highest BCUT2D eigenvalue weighted by Crippen LogP contribution is 2.25. The summed E-state index contributed by atoms with van der Waals surface area (Å²) in [7, 11) is 0. The number of piperidine rings is 1. The molecule has 0 aromatic carbocycles. The lowest BCUT2D eigenvalue weighted by atomic mass is 9.97. The zero-order valence-electron chi connectivity index (χ0n) is 11.9. The van der Waals surface area contributed by atoms with Crippen molar-refractivity contribution in [1.82, 2.24) is 14.8 Å². The normalized spacial score (nSPS) is 27.4. The Kier molecular flexibility index (Phi) is 4.05. The standard InChI is InChI=1S/C14H22N4OS/c1-10-7-17-5-3-2-4-11(17)8-18(10)14(19)12-9-20-13(6-15)16-12/h9-11H,2-8,15H2,1H3. The number of fused-ring (bicyclic) bond motifs is 1. The maximum atomic E-state index is 12.6. The van der Waals surface area contributed by atoms with E-state index in [2.05, 4.69) is 16.8 Å². The van der Waals surface area contributed by atoms with Gasteiger partial charge >= 0.3 is 0 Å². The van der Waals surface area contributed by atoms with Crippen LogP contribution >= 0.6 is 11.3 Å². The van der Waals surface area contributed by atoms with Gasteiger partial charge in [-0.05, 0) is 26.3 Å². The van der Waals surface area contributed by atoms with Crippen molar-refractivity contribution in [2.24, 2.45) is 5.73 Å². The summed E-state index contributed by atoms with van der Waals surface area (Å²) in [6.45, 7) is 5.56. The van der Waals surface area contributed by atoms with Gasteiger partial charge in [0.25, 0.3) is 5.91 Å². The Hall–Kier alpha value is -0.980. The minimum Gasteiger partial charge on any atom is -0.332 e. The molecule has 2 atom stereocenters. The Morgan fingerprint density at radius 2 is 2.35 bits per heavy atom. The Balaban J connectivity index is 1.73. The molecule has 1 aromatic rings. The number of nitrogens with two attached hydrogens (primary N) is 1. The molecule has 1 amide bonds. The fourth-order valence-electron chi connectivity index (χ4n) is 3.29. The van der Waals surface area contributed by atoms with E-state index in [4.69, 9.17) is 5.73 Å². The second-order valence-corrected chi connectivity index (χ2v) is 6.72. The first-order chi connectivity index (χ1) is 9.69. The molecule has 2 fully saturated rings. The highest BCUT2D eigenvalue weighted by Gasteiger charge is 2.36. The van der Waals surface area contributed by atoms with Crippen LogP contribution in [0, 0.1) is 0 Å². The second-order valence-electron chi connectivity index (χ2n) is 5.78. The molecule has 6 heteroatoms. The van der Waals surface area contributed by atoms with Gasteiger partial charge in [0.1, 0.15) is 10.7 Å². The number of hydrogen-bond acceptors (Lipinski definition) is 5. The molecule has 2 aliphatic heterocycles. The Morgan fingerprint density at radius 3 is 3.10 bits per heavy atom. The Bertz CT molecular complexity index is 489. The molecule has 2 unspecified atom stereocenters. The van der Waals surface area contributed by atoms with E-state index in [1.54, 1.807) is 0 Å². The monoisotopic (exact) mass is 294 g/mol. The zero-order valence-corrected chi connectivity index (χ0v) is 12.7. The van der Waals surface area contributed by atoms with Crippen LogP contribution in [0.4, 0.5) is 0 Å². The van der Waals surface area contributed by atoms with Crippen molar-refractivity contribution in [3.05, 3.63) is 16.1 Å². The molecule has 3 rings (SSSR count). The van der Waals surface area contributed by atoms with Crippen LogP contribution in [0.5, 0.6) is 0 Å². The van der Waals surface area contributed by atoms with Crippen LogP contribution in [0.3, 0.4) is 0 Å². The average molecular weight is 294 g/mol. The average Bonchev–Trinajstić information content (AvgIpc) is 2.94. The summed E-state index contributed by atoms with van der Waals surface area (Å²) < 4.78 is 0. The van der Waals surface area contributed by atoms with Crippen LogP contribution in [0.1, 0.15) is 41.7 Å². The Labute approximate surface area is 123 Å². The van der Waals surface area contributed by atoms with Gasteiger partial charge in [-0.25, -0.2) is 4.98 Å². The van der Waals surface area contributed by atoms with Crippen molar-refractivity contribution in [2.45, 2.75) is 44.8 Å². The summed E-state index contributed by atoms with van der Waals surface area (Å²) >= 11 is 1.47. The van der Waals surface area contributed by atoms with E-state index in [1.165, 1.54) is 37.1 Å². The van der Waals surface area contributed by atoms with Crippen LogP contribution in [0.2, 0.25) is 0 Å². The van der Waals surface area contributed by atoms with Gasteiger partial charge in [0.05, 0.1) is 0 Å². The van der Waals surface area contributed by atoms with Gasteiger partial charge in [-0.2, -0.15) is 0 Å². The molecular weight excluding hydrogens is 272 g/mol. The minimum absolute atomic E-state index is 0.0682. The van der Waals surface area contributed by atoms with Gasteiger partial charge < -0.3 is 10.6 Å². The fraction of sp³-hybridized carbons (Fsp3) is 0.714. The molecule has 2 saturated heterocycles. The summed E-state index contributed by atoms with van der Waals surface area (Å²) in [5.41, 5.74) is 6.13. The third-order valence-corrected chi connectivity index (χ3v) is 5.26. The molecular formula is C14H22N4OS. The third kappa shape index (κ3) is 2.60. The minimum atomic E-state index is 0.0682. The first-order valence-corrected chi connectivity index (χ1v) is 8.26. The van der Waals surface area contributed by atoms with E-state index in [9.17, 15) is 4.79 Å². The molecule has 0 aliphatic carbocycles. The van der Waals surface area contributed by atoms with Gasteiger partial charge in [0.15, 0.2) is 0 Å². The number of carbonyl (C=O) groups is 1. The molecule has 2 aliphatic rings. The first-order valence-electron chi connectivity index (χ1n) is 7.38. The molecule has 20 heavy (non-hydrogen) atoms.